The summed E-state index contributed by atoms with van der Waals surface area (Å²) >= 11 is 6.02. The van der Waals surface area contributed by atoms with Gasteiger partial charge in [-0.15, -0.1) is 0 Å². The van der Waals surface area contributed by atoms with Gasteiger partial charge in [0.1, 0.15) is 5.82 Å². The van der Waals surface area contributed by atoms with E-state index in [-0.39, 0.29) is 27.5 Å². The van der Waals surface area contributed by atoms with Crippen molar-refractivity contribution in [3.8, 4) is 11.3 Å². The van der Waals surface area contributed by atoms with Gasteiger partial charge >= 0.3 is 0 Å². The fourth-order valence-electron chi connectivity index (χ4n) is 2.10. The van der Waals surface area contributed by atoms with E-state index >= 15 is 0 Å². The average Bonchev–Trinajstić information content (AvgIpc) is 2.56. The van der Waals surface area contributed by atoms with E-state index in [2.05, 4.69) is 19.7 Å². The molecule has 5 N–H and O–H groups in total. The van der Waals surface area contributed by atoms with Crippen LogP contribution in [0.5, 0.6) is 0 Å². The van der Waals surface area contributed by atoms with Crippen molar-refractivity contribution in [1.29, 1.82) is 0 Å². The average molecular weight is 377 g/mol. The lowest BCUT2D eigenvalue weighted by Gasteiger charge is -2.11. The van der Waals surface area contributed by atoms with Gasteiger partial charge < -0.3 is 11.5 Å². The molecule has 0 amide bonds. The Hall–Kier alpha value is -2.91. The standard InChI is InChI=1S/C15H13ClN6O2S/c16-14-12(22-25(23,24)10-4-2-1-3-5-10)6-9(8-19-14)11-7-13(17)21-15(18)20-11/h1-8,22H,(H4,17,18,20,21). The highest BCUT2D eigenvalue weighted by molar-refractivity contribution is 7.92. The number of rotatable bonds is 4. The summed E-state index contributed by atoms with van der Waals surface area (Å²) in [4.78, 5) is 11.9. The van der Waals surface area contributed by atoms with E-state index in [9.17, 15) is 8.42 Å². The molecule has 128 valence electrons. The molecular weight excluding hydrogens is 364 g/mol. The Bertz CT molecular complexity index is 1010. The normalized spacial score (nSPS) is 11.2. The highest BCUT2D eigenvalue weighted by Crippen LogP contribution is 2.28. The third-order valence-corrected chi connectivity index (χ3v) is 4.88. The fourth-order valence-corrected chi connectivity index (χ4v) is 3.38. The molecule has 0 spiro atoms. The van der Waals surface area contributed by atoms with Crippen LogP contribution in [0, 0.1) is 0 Å². The number of hydrogen-bond acceptors (Lipinski definition) is 7. The second-order valence-corrected chi connectivity index (χ2v) is 7.06. The molecule has 0 unspecified atom stereocenters. The minimum absolute atomic E-state index is 0.00161. The summed E-state index contributed by atoms with van der Waals surface area (Å²) in [7, 11) is -3.81. The number of sulfonamides is 1. The summed E-state index contributed by atoms with van der Waals surface area (Å²) in [6.07, 6.45) is 1.43. The largest absolute Gasteiger partial charge is 0.384 e. The molecule has 3 aromatic rings. The van der Waals surface area contributed by atoms with Crippen molar-refractivity contribution in [1.82, 2.24) is 15.0 Å². The van der Waals surface area contributed by atoms with Crippen LogP contribution in [-0.4, -0.2) is 23.4 Å². The molecular formula is C15H13ClN6O2S. The Balaban J connectivity index is 2.00. The van der Waals surface area contributed by atoms with E-state index in [0.717, 1.165) is 0 Å². The van der Waals surface area contributed by atoms with Crippen LogP contribution in [0.3, 0.4) is 0 Å². The molecule has 0 aliphatic heterocycles. The van der Waals surface area contributed by atoms with Crippen molar-refractivity contribution in [2.75, 3.05) is 16.2 Å². The molecule has 0 radical (unpaired) electrons. The number of nitrogens with one attached hydrogen (secondary N) is 1. The maximum absolute atomic E-state index is 12.4. The van der Waals surface area contributed by atoms with Crippen LogP contribution in [0.2, 0.25) is 5.15 Å². The van der Waals surface area contributed by atoms with E-state index < -0.39 is 10.0 Å². The molecule has 0 bridgehead atoms. The number of anilines is 3. The maximum atomic E-state index is 12.4. The monoisotopic (exact) mass is 376 g/mol. The molecule has 0 atom stereocenters. The first-order chi connectivity index (χ1) is 11.8. The highest BCUT2D eigenvalue weighted by Gasteiger charge is 2.17. The van der Waals surface area contributed by atoms with Crippen molar-refractivity contribution in [2.45, 2.75) is 4.90 Å². The zero-order valence-electron chi connectivity index (χ0n) is 12.7. The Morgan fingerprint density at radius 3 is 2.44 bits per heavy atom. The third-order valence-electron chi connectivity index (χ3n) is 3.20. The Kier molecular flexibility index (Phi) is 4.43. The van der Waals surface area contributed by atoms with Gasteiger partial charge in [-0.25, -0.2) is 18.4 Å². The predicted octanol–water partition coefficient (Wildman–Crippen LogP) is 2.16. The molecule has 1 aromatic carbocycles. The van der Waals surface area contributed by atoms with Crippen LogP contribution in [0.15, 0.2) is 53.6 Å². The first kappa shape index (κ1) is 16.9. The summed E-state index contributed by atoms with van der Waals surface area (Å²) in [5.74, 6) is 0.181. The molecule has 10 heteroatoms. The summed E-state index contributed by atoms with van der Waals surface area (Å²) in [6.45, 7) is 0. The van der Waals surface area contributed by atoms with E-state index in [0.29, 0.717) is 11.3 Å². The lowest BCUT2D eigenvalue weighted by atomic mass is 10.2. The molecule has 8 nitrogen and oxygen atoms in total. The van der Waals surface area contributed by atoms with Crippen LogP contribution in [0.4, 0.5) is 17.5 Å². The van der Waals surface area contributed by atoms with Crippen LogP contribution in [0.1, 0.15) is 0 Å². The van der Waals surface area contributed by atoms with Gasteiger partial charge in [-0.1, -0.05) is 29.8 Å². The Morgan fingerprint density at radius 2 is 1.76 bits per heavy atom. The van der Waals surface area contributed by atoms with E-state index in [1.54, 1.807) is 18.2 Å². The molecule has 2 aromatic heterocycles. The number of hydrogen-bond donors (Lipinski definition) is 3. The second kappa shape index (κ2) is 6.54. The lowest BCUT2D eigenvalue weighted by Crippen LogP contribution is -2.13. The van der Waals surface area contributed by atoms with Gasteiger partial charge in [0.25, 0.3) is 10.0 Å². The van der Waals surface area contributed by atoms with Gasteiger partial charge in [-0.2, -0.15) is 4.98 Å². The number of nitrogens with zero attached hydrogens (tertiary/aromatic N) is 3. The number of benzene rings is 1. The van der Waals surface area contributed by atoms with Crippen LogP contribution >= 0.6 is 11.6 Å². The Labute approximate surface area is 148 Å². The van der Waals surface area contributed by atoms with Crippen molar-refractivity contribution >= 4 is 39.1 Å². The minimum atomic E-state index is -3.81. The molecule has 0 saturated carbocycles. The van der Waals surface area contributed by atoms with E-state index in [4.69, 9.17) is 23.1 Å². The quantitative estimate of drug-likeness (QED) is 0.593. The lowest BCUT2D eigenvalue weighted by molar-refractivity contribution is 0.601. The van der Waals surface area contributed by atoms with Crippen LogP contribution < -0.4 is 16.2 Å². The van der Waals surface area contributed by atoms with E-state index in [1.165, 1.54) is 30.5 Å². The van der Waals surface area contributed by atoms with E-state index in [1.807, 2.05) is 0 Å². The van der Waals surface area contributed by atoms with Gasteiger partial charge in [0.15, 0.2) is 5.15 Å². The predicted molar refractivity (Wildman–Crippen MR) is 96.3 cm³/mol. The zero-order valence-corrected chi connectivity index (χ0v) is 14.3. The number of halogens is 1. The van der Waals surface area contributed by atoms with Gasteiger partial charge in [-0.3, -0.25) is 4.72 Å². The summed E-state index contributed by atoms with van der Waals surface area (Å²) in [5, 5.41) is -0.00161. The second-order valence-electron chi connectivity index (χ2n) is 5.02. The van der Waals surface area contributed by atoms with Gasteiger partial charge in [0.2, 0.25) is 5.95 Å². The molecule has 2 heterocycles. The minimum Gasteiger partial charge on any atom is -0.384 e. The molecule has 3 rings (SSSR count). The number of nitrogen functional groups attached to an aromatic ring is 2. The van der Waals surface area contributed by atoms with Crippen LogP contribution in [0.25, 0.3) is 11.3 Å². The fraction of sp³-hybridized carbons (Fsp3) is 0. The zero-order chi connectivity index (χ0) is 18.0. The first-order valence-corrected chi connectivity index (χ1v) is 8.85. The van der Waals surface area contributed by atoms with Gasteiger partial charge in [0, 0.05) is 17.8 Å². The SMILES string of the molecule is Nc1cc(-c2cnc(Cl)c(NS(=O)(=O)c3ccccc3)c2)nc(N)n1. The number of pyridine rings is 1. The topological polar surface area (TPSA) is 137 Å². The molecule has 0 saturated heterocycles. The number of aromatic nitrogens is 3. The van der Waals surface area contributed by atoms with Crippen molar-refractivity contribution < 1.29 is 8.42 Å². The van der Waals surface area contributed by atoms with Crippen LogP contribution in [-0.2, 0) is 10.0 Å². The summed E-state index contributed by atoms with van der Waals surface area (Å²) in [6, 6.07) is 10.9. The molecule has 25 heavy (non-hydrogen) atoms. The molecule has 0 aliphatic carbocycles. The van der Waals surface area contributed by atoms with Crippen molar-refractivity contribution in [3.05, 3.63) is 53.8 Å². The van der Waals surface area contributed by atoms with Crippen molar-refractivity contribution in [2.24, 2.45) is 0 Å². The highest BCUT2D eigenvalue weighted by atomic mass is 35.5. The van der Waals surface area contributed by atoms with Gasteiger partial charge in [-0.05, 0) is 18.2 Å². The first-order valence-electron chi connectivity index (χ1n) is 6.99. The third kappa shape index (κ3) is 3.78. The van der Waals surface area contributed by atoms with Gasteiger partial charge in [0.05, 0.1) is 16.3 Å². The smallest absolute Gasteiger partial charge is 0.261 e. The maximum Gasteiger partial charge on any atom is 0.261 e. The van der Waals surface area contributed by atoms with Crippen molar-refractivity contribution in [3.63, 3.8) is 0 Å². The summed E-state index contributed by atoms with van der Waals surface area (Å²) < 4.78 is 27.3. The molecule has 0 aliphatic rings. The summed E-state index contributed by atoms with van der Waals surface area (Å²) in [5.41, 5.74) is 12.2. The molecule has 0 fully saturated rings. The number of nitrogens with two attached hydrogens (primary N) is 2. The Morgan fingerprint density at radius 1 is 1.04 bits per heavy atom.